The fraction of sp³-hybridized carbons (Fsp3) is 0.684. The zero-order chi connectivity index (χ0) is 14.6. The Kier molecular flexibility index (Phi) is 9.40. The molecule has 1 heteroatoms. The predicted molar refractivity (Wildman–Crippen MR) is 90.3 cm³/mol. The highest BCUT2D eigenvalue weighted by Gasteiger charge is 2.07. The van der Waals surface area contributed by atoms with Crippen LogP contribution in [0.15, 0.2) is 24.3 Å². The molecule has 1 N–H and O–H groups in total. The summed E-state index contributed by atoms with van der Waals surface area (Å²) in [4.78, 5) is 0. The van der Waals surface area contributed by atoms with Gasteiger partial charge in [0.05, 0.1) is 0 Å². The lowest BCUT2D eigenvalue weighted by Gasteiger charge is -2.16. The average Bonchev–Trinajstić information content (AvgIpc) is 2.45. The highest BCUT2D eigenvalue weighted by molar-refractivity contribution is 5.22. The van der Waals surface area contributed by atoms with E-state index in [1.807, 2.05) is 0 Å². The Morgan fingerprint density at radius 2 is 1.70 bits per heavy atom. The van der Waals surface area contributed by atoms with E-state index in [1.165, 1.54) is 62.5 Å². The van der Waals surface area contributed by atoms with Gasteiger partial charge in [-0.3, -0.25) is 0 Å². The Labute approximate surface area is 126 Å². The summed E-state index contributed by atoms with van der Waals surface area (Å²) in [5.74, 6) is 0. The molecule has 0 saturated carbocycles. The van der Waals surface area contributed by atoms with Gasteiger partial charge in [0, 0.05) is 6.04 Å². The maximum atomic E-state index is 3.48. The van der Waals surface area contributed by atoms with Crippen LogP contribution < -0.4 is 5.32 Å². The number of likely N-dealkylation sites (N-methyl/N-ethyl adjacent to an activating group) is 1. The van der Waals surface area contributed by atoms with Crippen LogP contribution in [0.3, 0.4) is 0 Å². The van der Waals surface area contributed by atoms with Gasteiger partial charge in [-0.2, -0.15) is 0 Å². The Balaban J connectivity index is 2.16. The quantitative estimate of drug-likeness (QED) is 0.543. The van der Waals surface area contributed by atoms with Gasteiger partial charge in [-0.25, -0.2) is 0 Å². The summed E-state index contributed by atoms with van der Waals surface area (Å²) in [5.41, 5.74) is 2.83. The van der Waals surface area contributed by atoms with Crippen molar-refractivity contribution in [2.45, 2.75) is 77.7 Å². The summed E-state index contributed by atoms with van der Waals surface area (Å²) in [7, 11) is 2.10. The van der Waals surface area contributed by atoms with Crippen LogP contribution in [-0.2, 0) is 6.42 Å². The Morgan fingerprint density at radius 1 is 1.00 bits per heavy atom. The summed E-state index contributed by atoms with van der Waals surface area (Å²) in [5, 5.41) is 3.48. The molecule has 0 aliphatic rings. The summed E-state index contributed by atoms with van der Waals surface area (Å²) in [6.07, 6.45) is 12.3. The molecule has 1 atom stereocenters. The van der Waals surface area contributed by atoms with Gasteiger partial charge in [-0.1, -0.05) is 81.7 Å². The monoisotopic (exact) mass is 275 g/mol. The summed E-state index contributed by atoms with van der Waals surface area (Å²) in [6.45, 7) is 4.46. The number of unbranched alkanes of at least 4 members (excludes halogenated alkanes) is 6. The molecular weight excluding hydrogens is 242 g/mol. The maximum absolute atomic E-state index is 3.48. The molecule has 0 bridgehead atoms. The SMILES string of the molecule is CCCCCCCCCC(Cc1cccc(C)c1)NC. The topological polar surface area (TPSA) is 12.0 Å². The van der Waals surface area contributed by atoms with E-state index in [0.717, 1.165) is 6.42 Å². The molecule has 0 amide bonds. The number of benzene rings is 1. The summed E-state index contributed by atoms with van der Waals surface area (Å²) >= 11 is 0. The lowest BCUT2D eigenvalue weighted by Crippen LogP contribution is -2.27. The standard InChI is InChI=1S/C19H33N/c1-4-5-6-7-8-9-10-14-19(20-3)16-18-13-11-12-17(2)15-18/h11-13,15,19-20H,4-10,14,16H2,1-3H3. The van der Waals surface area contributed by atoms with E-state index < -0.39 is 0 Å². The highest BCUT2D eigenvalue weighted by Crippen LogP contribution is 2.13. The third kappa shape index (κ3) is 7.69. The van der Waals surface area contributed by atoms with Gasteiger partial charge in [0.25, 0.3) is 0 Å². The van der Waals surface area contributed by atoms with E-state index in [1.54, 1.807) is 0 Å². The minimum absolute atomic E-state index is 0.632. The van der Waals surface area contributed by atoms with Crippen LogP contribution in [0.5, 0.6) is 0 Å². The predicted octanol–water partition coefficient (Wildman–Crippen LogP) is 5.27. The van der Waals surface area contributed by atoms with E-state index in [0.29, 0.717) is 6.04 Å². The van der Waals surface area contributed by atoms with E-state index in [-0.39, 0.29) is 0 Å². The van der Waals surface area contributed by atoms with Crippen molar-refractivity contribution in [3.8, 4) is 0 Å². The largest absolute Gasteiger partial charge is 0.317 e. The van der Waals surface area contributed by atoms with Crippen molar-refractivity contribution < 1.29 is 0 Å². The Morgan fingerprint density at radius 3 is 2.35 bits per heavy atom. The van der Waals surface area contributed by atoms with Gasteiger partial charge in [0.1, 0.15) is 0 Å². The fourth-order valence-electron chi connectivity index (χ4n) is 2.82. The first-order valence-electron chi connectivity index (χ1n) is 8.49. The van der Waals surface area contributed by atoms with Crippen molar-refractivity contribution in [1.82, 2.24) is 5.32 Å². The van der Waals surface area contributed by atoms with Gasteiger partial charge < -0.3 is 5.32 Å². The molecule has 0 aliphatic heterocycles. The average molecular weight is 275 g/mol. The molecule has 1 aromatic rings. The molecule has 1 aromatic carbocycles. The molecule has 1 unspecified atom stereocenters. The van der Waals surface area contributed by atoms with E-state index >= 15 is 0 Å². The number of nitrogens with one attached hydrogen (secondary N) is 1. The second-order valence-corrected chi connectivity index (χ2v) is 6.09. The first kappa shape index (κ1) is 17.2. The zero-order valence-corrected chi connectivity index (χ0v) is 13.8. The molecule has 0 spiro atoms. The van der Waals surface area contributed by atoms with Crippen LogP contribution in [0.4, 0.5) is 0 Å². The zero-order valence-electron chi connectivity index (χ0n) is 13.8. The molecule has 114 valence electrons. The molecule has 0 radical (unpaired) electrons. The molecule has 0 heterocycles. The van der Waals surface area contributed by atoms with E-state index in [9.17, 15) is 0 Å². The van der Waals surface area contributed by atoms with Crippen LogP contribution in [0, 0.1) is 6.92 Å². The fourth-order valence-corrected chi connectivity index (χ4v) is 2.82. The van der Waals surface area contributed by atoms with Gasteiger partial charge in [-0.15, -0.1) is 0 Å². The van der Waals surface area contributed by atoms with Gasteiger partial charge in [0.15, 0.2) is 0 Å². The first-order chi connectivity index (χ1) is 9.76. The second kappa shape index (κ2) is 10.9. The highest BCUT2D eigenvalue weighted by atomic mass is 14.9. The van der Waals surface area contributed by atoms with Crippen molar-refractivity contribution in [2.75, 3.05) is 7.05 Å². The molecular formula is C19H33N. The Hall–Kier alpha value is -0.820. The lowest BCUT2D eigenvalue weighted by atomic mass is 9.99. The van der Waals surface area contributed by atoms with Crippen molar-refractivity contribution >= 4 is 0 Å². The number of hydrogen-bond acceptors (Lipinski definition) is 1. The number of aryl methyl sites for hydroxylation is 1. The summed E-state index contributed by atoms with van der Waals surface area (Å²) in [6, 6.07) is 9.55. The summed E-state index contributed by atoms with van der Waals surface area (Å²) < 4.78 is 0. The van der Waals surface area contributed by atoms with Crippen molar-refractivity contribution in [1.29, 1.82) is 0 Å². The van der Waals surface area contributed by atoms with Crippen LogP contribution in [0.25, 0.3) is 0 Å². The lowest BCUT2D eigenvalue weighted by molar-refractivity contribution is 0.478. The van der Waals surface area contributed by atoms with Gasteiger partial charge >= 0.3 is 0 Å². The van der Waals surface area contributed by atoms with Crippen LogP contribution in [0.1, 0.15) is 69.4 Å². The van der Waals surface area contributed by atoms with Crippen LogP contribution in [0.2, 0.25) is 0 Å². The molecule has 20 heavy (non-hydrogen) atoms. The normalized spacial score (nSPS) is 12.6. The minimum Gasteiger partial charge on any atom is -0.317 e. The third-order valence-corrected chi connectivity index (χ3v) is 4.13. The molecule has 0 aromatic heterocycles. The number of rotatable bonds is 11. The van der Waals surface area contributed by atoms with E-state index in [2.05, 4.69) is 50.5 Å². The smallest absolute Gasteiger partial charge is 0.0104 e. The molecule has 0 saturated heterocycles. The second-order valence-electron chi connectivity index (χ2n) is 6.09. The van der Waals surface area contributed by atoms with Crippen LogP contribution in [-0.4, -0.2) is 13.1 Å². The maximum Gasteiger partial charge on any atom is 0.0104 e. The molecule has 1 nitrogen and oxygen atoms in total. The minimum atomic E-state index is 0.632. The van der Waals surface area contributed by atoms with Gasteiger partial charge in [0.2, 0.25) is 0 Å². The molecule has 1 rings (SSSR count). The van der Waals surface area contributed by atoms with Crippen LogP contribution >= 0.6 is 0 Å². The molecule has 0 fully saturated rings. The Bertz CT molecular complexity index is 345. The van der Waals surface area contributed by atoms with Crippen molar-refractivity contribution in [3.05, 3.63) is 35.4 Å². The van der Waals surface area contributed by atoms with E-state index in [4.69, 9.17) is 0 Å². The molecule has 0 aliphatic carbocycles. The number of hydrogen-bond donors (Lipinski definition) is 1. The van der Waals surface area contributed by atoms with Gasteiger partial charge in [-0.05, 0) is 32.4 Å². The third-order valence-electron chi connectivity index (χ3n) is 4.13. The van der Waals surface area contributed by atoms with Crippen molar-refractivity contribution in [3.63, 3.8) is 0 Å². The first-order valence-corrected chi connectivity index (χ1v) is 8.49. The van der Waals surface area contributed by atoms with Crippen molar-refractivity contribution in [2.24, 2.45) is 0 Å².